The van der Waals surface area contributed by atoms with Crippen molar-refractivity contribution in [3.8, 4) is 0 Å². The topological polar surface area (TPSA) is 35.9 Å². The van der Waals surface area contributed by atoms with E-state index < -0.39 is 6.10 Å². The zero-order valence-corrected chi connectivity index (χ0v) is 13.6. The molecule has 0 aromatic heterocycles. The lowest BCUT2D eigenvalue weighted by Crippen LogP contribution is -2.49. The molecule has 1 atom stereocenters. The first-order valence-electron chi connectivity index (χ1n) is 7.57. The lowest BCUT2D eigenvalue weighted by molar-refractivity contribution is -0.00899. The summed E-state index contributed by atoms with van der Waals surface area (Å²) in [6.45, 7) is 8.86. The van der Waals surface area contributed by atoms with Crippen LogP contribution in [0.2, 0.25) is 5.02 Å². The van der Waals surface area contributed by atoms with Gasteiger partial charge < -0.3 is 14.7 Å². The Morgan fingerprint density at radius 1 is 1.24 bits per heavy atom. The van der Waals surface area contributed by atoms with Crippen LogP contribution in [0.4, 0.5) is 5.69 Å². The molecular weight excluding hydrogens is 288 g/mol. The van der Waals surface area contributed by atoms with Crippen molar-refractivity contribution in [3.05, 3.63) is 29.3 Å². The number of nitrogens with zero attached hydrogens (tertiary/aromatic N) is 2. The van der Waals surface area contributed by atoms with Gasteiger partial charge in [0.25, 0.3) is 0 Å². The Kier molecular flexibility index (Phi) is 6.30. The minimum atomic E-state index is -0.412. The molecule has 1 fully saturated rings. The van der Waals surface area contributed by atoms with Crippen molar-refractivity contribution in [2.24, 2.45) is 0 Å². The molecule has 1 saturated heterocycles. The summed E-state index contributed by atoms with van der Waals surface area (Å²) in [5.74, 6) is 0. The van der Waals surface area contributed by atoms with Crippen LogP contribution in [0.3, 0.4) is 0 Å². The van der Waals surface area contributed by atoms with Crippen molar-refractivity contribution >= 4 is 17.3 Å². The van der Waals surface area contributed by atoms with Crippen LogP contribution < -0.4 is 4.90 Å². The highest BCUT2D eigenvalue weighted by Crippen LogP contribution is 2.20. The van der Waals surface area contributed by atoms with E-state index in [1.54, 1.807) is 0 Å². The highest BCUT2D eigenvalue weighted by atomic mass is 35.5. The van der Waals surface area contributed by atoms with Gasteiger partial charge in [0.05, 0.1) is 18.8 Å². The van der Waals surface area contributed by atoms with Gasteiger partial charge in [0, 0.05) is 43.4 Å². The Morgan fingerprint density at radius 3 is 2.57 bits per heavy atom. The molecule has 1 aliphatic rings. The average Bonchev–Trinajstić information content (AvgIpc) is 2.46. The molecule has 0 aliphatic carbocycles. The van der Waals surface area contributed by atoms with Crippen LogP contribution in [0.5, 0.6) is 0 Å². The first kappa shape index (κ1) is 16.6. The van der Waals surface area contributed by atoms with E-state index in [0.29, 0.717) is 13.2 Å². The number of β-amino-alcohol motifs (C(OH)–C–C–N with tert-alkyl or cyclic N) is 1. The predicted molar refractivity (Wildman–Crippen MR) is 87.2 cm³/mol. The molecule has 0 unspecified atom stereocenters. The molecule has 0 saturated carbocycles. The van der Waals surface area contributed by atoms with Gasteiger partial charge in [-0.25, -0.2) is 0 Å². The van der Waals surface area contributed by atoms with Crippen LogP contribution in [0, 0.1) is 0 Å². The van der Waals surface area contributed by atoms with Gasteiger partial charge in [0.1, 0.15) is 0 Å². The summed E-state index contributed by atoms with van der Waals surface area (Å²) in [4.78, 5) is 4.62. The first-order chi connectivity index (χ1) is 10.0. The zero-order valence-electron chi connectivity index (χ0n) is 12.8. The second-order valence-electron chi connectivity index (χ2n) is 5.80. The van der Waals surface area contributed by atoms with Crippen molar-refractivity contribution in [1.82, 2.24) is 4.90 Å². The largest absolute Gasteiger partial charge is 0.389 e. The number of anilines is 1. The molecule has 1 aromatic carbocycles. The molecular formula is C16H25ClN2O2. The van der Waals surface area contributed by atoms with Gasteiger partial charge in [-0.15, -0.1) is 0 Å². The van der Waals surface area contributed by atoms with Gasteiger partial charge in [0.15, 0.2) is 0 Å². The predicted octanol–water partition coefficient (Wildman–Crippen LogP) is 2.25. The van der Waals surface area contributed by atoms with Gasteiger partial charge in [0.2, 0.25) is 0 Å². The van der Waals surface area contributed by atoms with E-state index in [0.717, 1.165) is 31.2 Å². The molecule has 21 heavy (non-hydrogen) atoms. The van der Waals surface area contributed by atoms with Crippen molar-refractivity contribution in [2.45, 2.75) is 26.1 Å². The van der Waals surface area contributed by atoms with Gasteiger partial charge in [-0.3, -0.25) is 4.90 Å². The van der Waals surface area contributed by atoms with Crippen molar-refractivity contribution in [2.75, 3.05) is 44.2 Å². The molecule has 118 valence electrons. The Balaban J connectivity index is 1.75. The van der Waals surface area contributed by atoms with E-state index in [4.69, 9.17) is 16.3 Å². The first-order valence-corrected chi connectivity index (χ1v) is 7.95. The zero-order chi connectivity index (χ0) is 15.2. The SMILES string of the molecule is CC(C)OC[C@H](O)CN1CCN(c2cccc(Cl)c2)CC1. The smallest absolute Gasteiger partial charge is 0.0900 e. The Morgan fingerprint density at radius 2 is 1.95 bits per heavy atom. The molecule has 2 rings (SSSR count). The third kappa shape index (κ3) is 5.47. The second-order valence-corrected chi connectivity index (χ2v) is 6.24. The van der Waals surface area contributed by atoms with Crippen molar-refractivity contribution < 1.29 is 9.84 Å². The van der Waals surface area contributed by atoms with E-state index in [2.05, 4.69) is 15.9 Å². The van der Waals surface area contributed by atoms with Gasteiger partial charge in [-0.2, -0.15) is 0 Å². The lowest BCUT2D eigenvalue weighted by atomic mass is 10.2. The molecule has 0 radical (unpaired) electrons. The Bertz CT molecular complexity index is 434. The van der Waals surface area contributed by atoms with Crippen LogP contribution in [0.25, 0.3) is 0 Å². The summed E-state index contributed by atoms with van der Waals surface area (Å²) in [5.41, 5.74) is 1.17. The minimum Gasteiger partial charge on any atom is -0.389 e. The number of hydrogen-bond acceptors (Lipinski definition) is 4. The molecule has 0 bridgehead atoms. The number of ether oxygens (including phenoxy) is 1. The summed E-state index contributed by atoms with van der Waals surface area (Å²) in [7, 11) is 0. The lowest BCUT2D eigenvalue weighted by Gasteiger charge is -2.37. The number of piperazine rings is 1. The summed E-state index contributed by atoms with van der Waals surface area (Å²) < 4.78 is 5.45. The maximum absolute atomic E-state index is 9.97. The van der Waals surface area contributed by atoms with Crippen molar-refractivity contribution in [3.63, 3.8) is 0 Å². The molecule has 0 spiro atoms. The highest BCUT2D eigenvalue weighted by Gasteiger charge is 2.19. The maximum atomic E-state index is 9.97. The summed E-state index contributed by atoms with van der Waals surface area (Å²) in [6, 6.07) is 7.97. The third-order valence-electron chi connectivity index (χ3n) is 3.64. The molecule has 1 aromatic rings. The van der Waals surface area contributed by atoms with Crippen LogP contribution >= 0.6 is 11.6 Å². The summed E-state index contributed by atoms with van der Waals surface area (Å²) in [6.07, 6.45) is -0.246. The van der Waals surface area contributed by atoms with Crippen LogP contribution in [0.1, 0.15) is 13.8 Å². The number of rotatable bonds is 6. The van der Waals surface area contributed by atoms with Gasteiger partial charge in [-0.1, -0.05) is 17.7 Å². The van der Waals surface area contributed by atoms with Gasteiger partial charge >= 0.3 is 0 Å². The summed E-state index contributed by atoms with van der Waals surface area (Å²) >= 11 is 6.04. The molecule has 1 heterocycles. The molecule has 0 amide bonds. The highest BCUT2D eigenvalue weighted by molar-refractivity contribution is 6.30. The monoisotopic (exact) mass is 312 g/mol. The number of halogens is 1. The van der Waals surface area contributed by atoms with E-state index in [9.17, 15) is 5.11 Å². The maximum Gasteiger partial charge on any atom is 0.0900 e. The number of aliphatic hydroxyl groups is 1. The van der Waals surface area contributed by atoms with Gasteiger partial charge in [-0.05, 0) is 32.0 Å². The fourth-order valence-corrected chi connectivity index (χ4v) is 2.70. The molecule has 4 nitrogen and oxygen atoms in total. The number of aliphatic hydroxyl groups excluding tert-OH is 1. The van der Waals surface area contributed by atoms with Crippen LogP contribution in [-0.2, 0) is 4.74 Å². The molecule has 5 heteroatoms. The Hall–Kier alpha value is -0.810. The standard InChI is InChI=1S/C16H25ClN2O2/c1-13(2)21-12-16(20)11-18-6-8-19(9-7-18)15-5-3-4-14(17)10-15/h3-5,10,13,16,20H,6-9,11-12H2,1-2H3/t16-/m1/s1. The quantitative estimate of drug-likeness (QED) is 0.874. The minimum absolute atomic E-state index is 0.166. The fourth-order valence-electron chi connectivity index (χ4n) is 2.52. The number of hydrogen-bond donors (Lipinski definition) is 1. The normalized spacial score (nSPS) is 18.2. The molecule has 1 N–H and O–H groups in total. The van der Waals surface area contributed by atoms with E-state index >= 15 is 0 Å². The van der Waals surface area contributed by atoms with Crippen LogP contribution in [-0.4, -0.2) is 61.5 Å². The fraction of sp³-hybridized carbons (Fsp3) is 0.625. The van der Waals surface area contributed by atoms with E-state index in [1.807, 2.05) is 32.0 Å². The second kappa shape index (κ2) is 7.99. The third-order valence-corrected chi connectivity index (χ3v) is 3.87. The van der Waals surface area contributed by atoms with E-state index in [1.165, 1.54) is 5.69 Å². The van der Waals surface area contributed by atoms with Crippen molar-refractivity contribution in [1.29, 1.82) is 0 Å². The summed E-state index contributed by atoms with van der Waals surface area (Å²) in [5, 5.41) is 10.7. The van der Waals surface area contributed by atoms with E-state index in [-0.39, 0.29) is 6.10 Å². The number of benzene rings is 1. The van der Waals surface area contributed by atoms with Crippen LogP contribution in [0.15, 0.2) is 24.3 Å². The Labute approximate surface area is 132 Å². The molecule has 1 aliphatic heterocycles. The average molecular weight is 313 g/mol.